The highest BCUT2D eigenvalue weighted by molar-refractivity contribution is 7.47. The highest BCUT2D eigenvalue weighted by Crippen LogP contribution is 2.43. The van der Waals surface area contributed by atoms with Crippen molar-refractivity contribution in [3.63, 3.8) is 0 Å². The number of phosphoric acid groups is 1. The fourth-order valence-corrected chi connectivity index (χ4v) is 7.37. The number of aliphatic hydroxyl groups is 2. The summed E-state index contributed by atoms with van der Waals surface area (Å²) in [4.78, 5) is 35.0. The molecule has 332 valence electrons. The Morgan fingerprint density at radius 2 is 0.875 bits per heavy atom. The number of hydrogen-bond acceptors (Lipinski definition) is 9. The fourth-order valence-electron chi connectivity index (χ4n) is 6.58. The maximum absolute atomic E-state index is 12.6. The summed E-state index contributed by atoms with van der Waals surface area (Å²) in [5.74, 6) is -0.938. The number of hydrogen-bond donors (Lipinski definition) is 3. The lowest BCUT2D eigenvalue weighted by Gasteiger charge is -2.20. The number of aliphatic hydroxyl groups excluding tert-OH is 2. The van der Waals surface area contributed by atoms with Crippen molar-refractivity contribution in [2.75, 3.05) is 26.4 Å². The first-order valence-electron chi connectivity index (χ1n) is 23.1. The van der Waals surface area contributed by atoms with E-state index in [0.29, 0.717) is 12.8 Å². The summed E-state index contributed by atoms with van der Waals surface area (Å²) in [5.41, 5.74) is 0. The van der Waals surface area contributed by atoms with E-state index in [-0.39, 0.29) is 19.4 Å². The number of phosphoric ester groups is 1. The summed E-state index contributed by atoms with van der Waals surface area (Å²) >= 11 is 0. The Bertz CT molecular complexity index is 946. The van der Waals surface area contributed by atoms with E-state index in [1.165, 1.54) is 148 Å². The molecule has 0 aliphatic rings. The molecule has 0 radical (unpaired) electrons. The van der Waals surface area contributed by atoms with Crippen LogP contribution in [0.1, 0.15) is 226 Å². The van der Waals surface area contributed by atoms with Crippen LogP contribution in [0, 0.1) is 0 Å². The van der Waals surface area contributed by atoms with Gasteiger partial charge in [0, 0.05) is 12.8 Å². The van der Waals surface area contributed by atoms with E-state index in [4.69, 9.17) is 23.6 Å². The Balaban J connectivity index is 4.23. The van der Waals surface area contributed by atoms with Crippen LogP contribution in [0.5, 0.6) is 0 Å². The SMILES string of the molecule is CCCCCCCCCCC/C=C/CCCCC(=O)O[C@H](COC(=O)CCCCCCCCCCCCCCCCCCCC)COP(=O)(O)OC[C@@H](O)CO. The lowest BCUT2D eigenvalue weighted by atomic mass is 10.0. The zero-order valence-electron chi connectivity index (χ0n) is 36.1. The Kier molecular flexibility index (Phi) is 40.9. The highest BCUT2D eigenvalue weighted by Gasteiger charge is 2.27. The molecule has 0 rings (SSSR count). The first-order chi connectivity index (χ1) is 27.2. The second-order valence-corrected chi connectivity index (χ2v) is 17.2. The first-order valence-corrected chi connectivity index (χ1v) is 24.6. The van der Waals surface area contributed by atoms with Crippen LogP contribution in [0.15, 0.2) is 12.2 Å². The van der Waals surface area contributed by atoms with Gasteiger partial charge in [-0.1, -0.05) is 187 Å². The predicted octanol–water partition coefficient (Wildman–Crippen LogP) is 12.4. The maximum atomic E-state index is 12.6. The molecular weight excluding hydrogens is 731 g/mol. The Morgan fingerprint density at radius 3 is 1.32 bits per heavy atom. The zero-order valence-corrected chi connectivity index (χ0v) is 37.0. The van der Waals surface area contributed by atoms with Crippen molar-refractivity contribution >= 4 is 19.8 Å². The molecule has 11 heteroatoms. The molecule has 0 aromatic carbocycles. The van der Waals surface area contributed by atoms with Gasteiger partial charge in [-0.3, -0.25) is 18.6 Å². The molecule has 3 N–H and O–H groups in total. The van der Waals surface area contributed by atoms with E-state index in [2.05, 4.69) is 26.0 Å². The monoisotopic (exact) mass is 819 g/mol. The van der Waals surface area contributed by atoms with Crippen LogP contribution in [-0.2, 0) is 32.7 Å². The second kappa shape index (κ2) is 41.9. The molecule has 3 atom stereocenters. The zero-order chi connectivity index (χ0) is 41.2. The average Bonchev–Trinajstić information content (AvgIpc) is 3.19. The van der Waals surface area contributed by atoms with Crippen molar-refractivity contribution in [3.8, 4) is 0 Å². The number of carbonyl (C=O) groups excluding carboxylic acids is 2. The van der Waals surface area contributed by atoms with Gasteiger partial charge in [0.05, 0.1) is 19.8 Å². The van der Waals surface area contributed by atoms with Gasteiger partial charge in [-0.15, -0.1) is 0 Å². The van der Waals surface area contributed by atoms with Crippen LogP contribution >= 0.6 is 7.82 Å². The molecule has 56 heavy (non-hydrogen) atoms. The summed E-state index contributed by atoms with van der Waals surface area (Å²) in [7, 11) is -4.62. The number of ether oxygens (including phenoxy) is 2. The standard InChI is InChI=1S/C45H87O10P/c1-3-5-7-9-11-13-15-17-19-20-21-23-24-26-28-30-32-34-36-44(48)52-40-43(41-54-56(50,51)53-39-42(47)38-46)55-45(49)37-35-33-31-29-27-25-22-18-16-14-12-10-8-6-4-2/h27,29,42-43,46-47H,3-26,28,30-41H2,1-2H3,(H,50,51)/b29-27+/t42-,43+/m0/s1. The number of unbranched alkanes of at least 4 members (excludes halogenated alkanes) is 28. The highest BCUT2D eigenvalue weighted by atomic mass is 31.2. The maximum Gasteiger partial charge on any atom is 0.472 e. The van der Waals surface area contributed by atoms with E-state index < -0.39 is 51.8 Å². The van der Waals surface area contributed by atoms with Crippen molar-refractivity contribution < 1.29 is 47.8 Å². The van der Waals surface area contributed by atoms with E-state index in [9.17, 15) is 24.2 Å². The van der Waals surface area contributed by atoms with Crippen LogP contribution in [0.3, 0.4) is 0 Å². The van der Waals surface area contributed by atoms with E-state index >= 15 is 0 Å². The number of allylic oxidation sites excluding steroid dienone is 2. The molecule has 0 aromatic heterocycles. The second-order valence-electron chi connectivity index (χ2n) is 15.8. The van der Waals surface area contributed by atoms with Crippen LogP contribution in [0.25, 0.3) is 0 Å². The molecule has 0 heterocycles. The molecule has 10 nitrogen and oxygen atoms in total. The van der Waals surface area contributed by atoms with Gasteiger partial charge in [-0.2, -0.15) is 0 Å². The van der Waals surface area contributed by atoms with Crippen LogP contribution in [-0.4, -0.2) is 65.7 Å². The molecule has 0 amide bonds. The van der Waals surface area contributed by atoms with Gasteiger partial charge in [0.1, 0.15) is 12.7 Å². The van der Waals surface area contributed by atoms with Gasteiger partial charge in [0.2, 0.25) is 0 Å². The Labute approximate surface area is 343 Å². The molecule has 0 fully saturated rings. The molecule has 0 aromatic rings. The fraction of sp³-hybridized carbons (Fsp3) is 0.911. The van der Waals surface area contributed by atoms with Crippen LogP contribution in [0.4, 0.5) is 0 Å². The predicted molar refractivity (Wildman–Crippen MR) is 229 cm³/mol. The first kappa shape index (κ1) is 54.7. The van der Waals surface area contributed by atoms with Gasteiger partial charge in [-0.25, -0.2) is 4.57 Å². The lowest BCUT2D eigenvalue weighted by molar-refractivity contribution is -0.161. The normalized spacial score (nSPS) is 13.9. The number of carbonyl (C=O) groups is 2. The van der Waals surface area contributed by atoms with Gasteiger partial charge in [-0.05, 0) is 38.5 Å². The average molecular weight is 819 g/mol. The van der Waals surface area contributed by atoms with E-state index in [1.807, 2.05) is 0 Å². The molecule has 0 bridgehead atoms. The number of esters is 2. The topological polar surface area (TPSA) is 149 Å². The third-order valence-electron chi connectivity index (χ3n) is 10.2. The molecular formula is C45H87O10P. The summed E-state index contributed by atoms with van der Waals surface area (Å²) in [6.07, 6.45) is 40.4. The van der Waals surface area contributed by atoms with Crippen molar-refractivity contribution in [2.24, 2.45) is 0 Å². The van der Waals surface area contributed by atoms with Crippen molar-refractivity contribution in [1.29, 1.82) is 0 Å². The molecule has 0 saturated carbocycles. The van der Waals surface area contributed by atoms with Gasteiger partial charge < -0.3 is 24.6 Å². The summed E-state index contributed by atoms with van der Waals surface area (Å²) in [6.45, 7) is 2.39. The third kappa shape index (κ3) is 40.9. The summed E-state index contributed by atoms with van der Waals surface area (Å²) < 4.78 is 32.7. The van der Waals surface area contributed by atoms with Crippen molar-refractivity contribution in [2.45, 2.75) is 238 Å². The Morgan fingerprint density at radius 1 is 0.518 bits per heavy atom. The minimum absolute atomic E-state index is 0.159. The minimum Gasteiger partial charge on any atom is -0.462 e. The quantitative estimate of drug-likeness (QED) is 0.0235. The van der Waals surface area contributed by atoms with Crippen LogP contribution in [0.2, 0.25) is 0 Å². The minimum atomic E-state index is -4.62. The van der Waals surface area contributed by atoms with Crippen molar-refractivity contribution in [1.82, 2.24) is 0 Å². The lowest BCUT2D eigenvalue weighted by Crippen LogP contribution is -2.29. The van der Waals surface area contributed by atoms with Gasteiger partial charge in [0.15, 0.2) is 6.10 Å². The molecule has 0 saturated heterocycles. The smallest absolute Gasteiger partial charge is 0.462 e. The molecule has 0 aliphatic heterocycles. The van der Waals surface area contributed by atoms with E-state index in [1.54, 1.807) is 0 Å². The number of rotatable bonds is 44. The Hall–Kier alpha value is -1.29. The van der Waals surface area contributed by atoms with Gasteiger partial charge in [0.25, 0.3) is 0 Å². The summed E-state index contributed by atoms with van der Waals surface area (Å²) in [6, 6.07) is 0. The van der Waals surface area contributed by atoms with Gasteiger partial charge >= 0.3 is 19.8 Å². The van der Waals surface area contributed by atoms with E-state index in [0.717, 1.165) is 38.5 Å². The molecule has 1 unspecified atom stereocenters. The van der Waals surface area contributed by atoms with Crippen LogP contribution < -0.4 is 0 Å². The largest absolute Gasteiger partial charge is 0.472 e. The molecule has 0 aliphatic carbocycles. The third-order valence-corrected chi connectivity index (χ3v) is 11.1. The molecule has 0 spiro atoms. The summed E-state index contributed by atoms with van der Waals surface area (Å²) in [5, 5.41) is 18.3. The van der Waals surface area contributed by atoms with Crippen molar-refractivity contribution in [3.05, 3.63) is 12.2 Å².